The largest absolute Gasteiger partial charge is 0.325 e. The first-order valence-electron chi connectivity index (χ1n) is 7.37. The van der Waals surface area contributed by atoms with Crippen LogP contribution in [0.2, 0.25) is 0 Å². The molecule has 110 valence electrons. The lowest BCUT2D eigenvalue weighted by molar-refractivity contribution is 0.508. The fourth-order valence-corrected chi connectivity index (χ4v) is 3.13. The van der Waals surface area contributed by atoms with Crippen LogP contribution in [0.25, 0.3) is 0 Å². The summed E-state index contributed by atoms with van der Waals surface area (Å²) < 4.78 is 14.0. The van der Waals surface area contributed by atoms with Crippen molar-refractivity contribution >= 4 is 0 Å². The minimum absolute atomic E-state index is 0.0299. The van der Waals surface area contributed by atoms with E-state index in [4.69, 9.17) is 0 Å². The molecule has 21 heavy (non-hydrogen) atoms. The van der Waals surface area contributed by atoms with E-state index in [0.29, 0.717) is 17.5 Å². The van der Waals surface area contributed by atoms with Gasteiger partial charge in [-0.25, -0.2) is 4.39 Å². The maximum atomic E-state index is 14.0. The van der Waals surface area contributed by atoms with Crippen LogP contribution in [0.15, 0.2) is 29.1 Å². The van der Waals surface area contributed by atoms with Gasteiger partial charge in [0.2, 0.25) is 0 Å². The molecule has 0 aliphatic heterocycles. The van der Waals surface area contributed by atoms with Gasteiger partial charge >= 0.3 is 0 Å². The molecule has 3 heteroatoms. The number of nitrogens with one attached hydrogen (secondary N) is 1. The lowest BCUT2D eigenvalue weighted by atomic mass is 9.90. The van der Waals surface area contributed by atoms with E-state index in [1.807, 2.05) is 19.1 Å². The molecule has 1 aromatic carbocycles. The van der Waals surface area contributed by atoms with Crippen molar-refractivity contribution in [3.63, 3.8) is 0 Å². The number of benzene rings is 1. The molecule has 1 N–H and O–H groups in total. The van der Waals surface area contributed by atoms with Gasteiger partial charge in [-0.05, 0) is 48.6 Å². The summed E-state index contributed by atoms with van der Waals surface area (Å²) in [5.74, 6) is -0.241. The smallest absolute Gasteiger partial charge is 0.251 e. The molecule has 0 spiro atoms. The average molecular weight is 285 g/mol. The van der Waals surface area contributed by atoms with Crippen LogP contribution in [0.1, 0.15) is 48.2 Å². The second kappa shape index (κ2) is 4.83. The SMILES string of the molecule is Cc1ccc(Cc2cc3c([nH]c2=O)C(C)(C)CC3)c(F)c1. The first kappa shape index (κ1) is 14.1. The summed E-state index contributed by atoms with van der Waals surface area (Å²) in [5.41, 5.74) is 4.28. The summed E-state index contributed by atoms with van der Waals surface area (Å²) in [4.78, 5) is 15.3. The standard InChI is InChI=1S/C18H20FNO/c1-11-4-5-12(15(19)8-11)9-14-10-13-6-7-18(2,3)16(13)20-17(14)21/h4-5,8,10H,6-7,9H2,1-3H3,(H,20,21). The Kier molecular flexibility index (Phi) is 3.23. The number of fused-ring (bicyclic) bond motifs is 1. The van der Waals surface area contributed by atoms with E-state index in [-0.39, 0.29) is 16.8 Å². The van der Waals surface area contributed by atoms with Crippen molar-refractivity contribution in [3.05, 3.63) is 68.4 Å². The number of aromatic amines is 1. The summed E-state index contributed by atoms with van der Waals surface area (Å²) in [6.07, 6.45) is 2.36. The Bertz CT molecular complexity index is 758. The Labute approximate surface area is 124 Å². The van der Waals surface area contributed by atoms with Crippen LogP contribution in [0.4, 0.5) is 4.39 Å². The maximum absolute atomic E-state index is 14.0. The fraction of sp³-hybridized carbons (Fsp3) is 0.389. The van der Waals surface area contributed by atoms with Crippen molar-refractivity contribution in [2.45, 2.75) is 45.4 Å². The zero-order chi connectivity index (χ0) is 15.2. The molecule has 1 aliphatic rings. The normalized spacial score (nSPS) is 16.0. The number of hydrogen-bond donors (Lipinski definition) is 1. The molecule has 0 saturated heterocycles. The van der Waals surface area contributed by atoms with Crippen molar-refractivity contribution in [2.75, 3.05) is 0 Å². The third kappa shape index (κ3) is 2.53. The number of hydrogen-bond acceptors (Lipinski definition) is 1. The molecular weight excluding hydrogens is 265 g/mol. The van der Waals surface area contributed by atoms with Gasteiger partial charge in [0.1, 0.15) is 5.82 Å². The van der Waals surface area contributed by atoms with Crippen molar-refractivity contribution in [1.29, 1.82) is 0 Å². The number of aromatic nitrogens is 1. The van der Waals surface area contributed by atoms with Crippen LogP contribution < -0.4 is 5.56 Å². The Hall–Kier alpha value is -1.90. The first-order chi connectivity index (χ1) is 9.87. The van der Waals surface area contributed by atoms with Gasteiger partial charge in [0.25, 0.3) is 5.56 Å². The van der Waals surface area contributed by atoms with Gasteiger partial charge in [0, 0.05) is 23.1 Å². The molecule has 0 amide bonds. The number of H-pyrrole nitrogens is 1. The monoisotopic (exact) mass is 285 g/mol. The summed E-state index contributed by atoms with van der Waals surface area (Å²) in [6.45, 7) is 6.15. The summed E-state index contributed by atoms with van der Waals surface area (Å²) in [7, 11) is 0. The Morgan fingerprint density at radius 1 is 1.24 bits per heavy atom. The molecule has 0 radical (unpaired) electrons. The second-order valence-corrected chi connectivity index (χ2v) is 6.68. The topological polar surface area (TPSA) is 32.9 Å². The molecule has 3 rings (SSSR count). The van der Waals surface area contributed by atoms with Crippen LogP contribution in [-0.4, -0.2) is 4.98 Å². The molecule has 1 aromatic heterocycles. The molecule has 0 bridgehead atoms. The van der Waals surface area contributed by atoms with Gasteiger partial charge in [-0.1, -0.05) is 26.0 Å². The summed E-state index contributed by atoms with van der Waals surface area (Å²) >= 11 is 0. The number of pyridine rings is 1. The predicted molar refractivity (Wildman–Crippen MR) is 82.4 cm³/mol. The molecular formula is C18H20FNO. The fourth-order valence-electron chi connectivity index (χ4n) is 3.13. The first-order valence-corrected chi connectivity index (χ1v) is 7.37. The highest BCUT2D eigenvalue weighted by Crippen LogP contribution is 2.36. The van der Waals surface area contributed by atoms with Crippen LogP contribution >= 0.6 is 0 Å². The number of rotatable bonds is 2. The third-order valence-electron chi connectivity index (χ3n) is 4.49. The van der Waals surface area contributed by atoms with Gasteiger partial charge < -0.3 is 4.98 Å². The molecule has 2 aromatic rings. The minimum Gasteiger partial charge on any atom is -0.325 e. The van der Waals surface area contributed by atoms with E-state index < -0.39 is 0 Å². The Morgan fingerprint density at radius 2 is 2.00 bits per heavy atom. The van der Waals surface area contributed by atoms with E-state index >= 15 is 0 Å². The number of aryl methyl sites for hydroxylation is 2. The maximum Gasteiger partial charge on any atom is 0.251 e. The summed E-state index contributed by atoms with van der Waals surface area (Å²) in [5, 5.41) is 0. The van der Waals surface area contributed by atoms with Crippen LogP contribution in [0.3, 0.4) is 0 Å². The van der Waals surface area contributed by atoms with E-state index in [1.165, 1.54) is 11.6 Å². The molecule has 1 aliphatic carbocycles. The van der Waals surface area contributed by atoms with Crippen LogP contribution in [0.5, 0.6) is 0 Å². The van der Waals surface area contributed by atoms with Crippen molar-refractivity contribution in [1.82, 2.24) is 4.98 Å². The molecule has 0 unspecified atom stereocenters. The van der Waals surface area contributed by atoms with Crippen molar-refractivity contribution in [2.24, 2.45) is 0 Å². The van der Waals surface area contributed by atoms with Gasteiger partial charge in [-0.2, -0.15) is 0 Å². The zero-order valence-electron chi connectivity index (χ0n) is 12.7. The molecule has 0 fully saturated rings. The van der Waals surface area contributed by atoms with E-state index in [1.54, 1.807) is 6.07 Å². The average Bonchev–Trinajstić information content (AvgIpc) is 2.69. The molecule has 0 saturated carbocycles. The molecule has 1 heterocycles. The highest BCUT2D eigenvalue weighted by Gasteiger charge is 2.31. The predicted octanol–water partition coefficient (Wildman–Crippen LogP) is 3.64. The Balaban J connectivity index is 1.99. The highest BCUT2D eigenvalue weighted by molar-refractivity contribution is 5.37. The van der Waals surface area contributed by atoms with E-state index in [9.17, 15) is 9.18 Å². The van der Waals surface area contributed by atoms with Gasteiger partial charge in [-0.3, -0.25) is 4.79 Å². The van der Waals surface area contributed by atoms with Crippen LogP contribution in [0, 0.1) is 12.7 Å². The molecule has 2 nitrogen and oxygen atoms in total. The van der Waals surface area contributed by atoms with E-state index in [0.717, 1.165) is 24.1 Å². The van der Waals surface area contributed by atoms with Crippen molar-refractivity contribution in [3.8, 4) is 0 Å². The van der Waals surface area contributed by atoms with Gasteiger partial charge in [0.15, 0.2) is 0 Å². The number of halogens is 1. The van der Waals surface area contributed by atoms with Crippen molar-refractivity contribution < 1.29 is 4.39 Å². The Morgan fingerprint density at radius 3 is 2.71 bits per heavy atom. The lowest BCUT2D eigenvalue weighted by Crippen LogP contribution is -2.22. The minimum atomic E-state index is -0.241. The third-order valence-corrected chi connectivity index (χ3v) is 4.49. The lowest BCUT2D eigenvalue weighted by Gasteiger charge is -2.18. The summed E-state index contributed by atoms with van der Waals surface area (Å²) in [6, 6.07) is 7.12. The highest BCUT2D eigenvalue weighted by atomic mass is 19.1. The van der Waals surface area contributed by atoms with Gasteiger partial charge in [-0.15, -0.1) is 0 Å². The van der Waals surface area contributed by atoms with E-state index in [2.05, 4.69) is 18.8 Å². The van der Waals surface area contributed by atoms with Gasteiger partial charge in [0.05, 0.1) is 0 Å². The second-order valence-electron chi connectivity index (χ2n) is 6.68. The quantitative estimate of drug-likeness (QED) is 0.898. The van der Waals surface area contributed by atoms with Crippen LogP contribution in [-0.2, 0) is 18.3 Å². The zero-order valence-corrected chi connectivity index (χ0v) is 12.7. The molecule has 0 atom stereocenters.